The minimum Gasteiger partial charge on any atom is -0.565 e. The van der Waals surface area contributed by atoms with Gasteiger partial charge in [-0.15, -0.1) is 16.7 Å². The Balaban J connectivity index is 0.00000169. The van der Waals surface area contributed by atoms with E-state index >= 15 is 0 Å². The predicted octanol–water partition coefficient (Wildman–Crippen LogP) is 2.51. The second-order valence-electron chi connectivity index (χ2n) is 3.39. The summed E-state index contributed by atoms with van der Waals surface area (Å²) in [6.45, 7) is 8.67. The Morgan fingerprint density at radius 3 is 1.71 bits per heavy atom. The molecule has 0 atom stereocenters. The molecule has 0 aromatic heterocycles. The van der Waals surface area contributed by atoms with Crippen LogP contribution in [0.3, 0.4) is 0 Å². The van der Waals surface area contributed by atoms with Crippen LogP contribution in [0.4, 0.5) is 0 Å². The molecule has 0 spiro atoms. The maximum absolute atomic E-state index is 9.69. The molecule has 2 N–H and O–H groups in total. The van der Waals surface area contributed by atoms with Crippen molar-refractivity contribution in [3.05, 3.63) is 34.4 Å². The summed E-state index contributed by atoms with van der Waals surface area (Å²) in [6.07, 6.45) is 0. The summed E-state index contributed by atoms with van der Waals surface area (Å²) in [5, 5.41) is 18.6. The summed E-state index contributed by atoms with van der Waals surface area (Å²) in [7, 11) is 0. The first-order chi connectivity index (χ1) is 6.00. The Bertz CT molecular complexity index is 317. The molecular formula is C11H15O2Y+2. The van der Waals surface area contributed by atoms with E-state index in [0.717, 1.165) is 28.9 Å². The zero-order valence-corrected chi connectivity index (χ0v) is 11.9. The molecule has 1 aromatic rings. The predicted molar refractivity (Wildman–Crippen MR) is 52.4 cm³/mol. The fourth-order valence-corrected chi connectivity index (χ4v) is 1.48. The van der Waals surface area contributed by atoms with Gasteiger partial charge in [0.25, 0.3) is 0 Å². The van der Waals surface area contributed by atoms with E-state index in [1.165, 1.54) is 0 Å². The van der Waals surface area contributed by atoms with E-state index in [1.54, 1.807) is 0 Å². The second-order valence-corrected chi connectivity index (χ2v) is 3.39. The van der Waals surface area contributed by atoms with Crippen molar-refractivity contribution in [2.45, 2.75) is 27.7 Å². The molecule has 0 radical (unpaired) electrons. The number of phenols is 1. The molecule has 0 aliphatic rings. The van der Waals surface area contributed by atoms with E-state index in [-0.39, 0.29) is 38.5 Å². The van der Waals surface area contributed by atoms with Gasteiger partial charge in [-0.2, -0.15) is 0 Å². The Kier molecular flexibility index (Phi) is 5.14. The number of phenolic OH excluding ortho intramolecular Hbond substituents is 1. The standard InChI is InChI=1S/C11H15O2.Y/c1-6-7(2)9(4)11(13)10(5-12)8(6)3;/h5,12-13H,1-4H3;/q-1;+3. The molecule has 0 bridgehead atoms. The van der Waals surface area contributed by atoms with Crippen LogP contribution in [0.1, 0.15) is 27.8 Å². The van der Waals surface area contributed by atoms with E-state index in [1.807, 2.05) is 27.7 Å². The molecule has 0 saturated carbocycles. The summed E-state index contributed by atoms with van der Waals surface area (Å²) in [5.41, 5.74) is 4.50. The Labute approximate surface area is 110 Å². The van der Waals surface area contributed by atoms with E-state index in [0.29, 0.717) is 5.56 Å². The zero-order valence-electron chi connectivity index (χ0n) is 9.05. The van der Waals surface area contributed by atoms with Crippen LogP contribution >= 0.6 is 0 Å². The molecule has 0 unspecified atom stereocenters. The van der Waals surface area contributed by atoms with Crippen molar-refractivity contribution in [1.82, 2.24) is 0 Å². The number of aliphatic hydroxyl groups is 1. The fourth-order valence-electron chi connectivity index (χ4n) is 1.48. The summed E-state index contributed by atoms with van der Waals surface area (Å²) < 4.78 is 0. The van der Waals surface area contributed by atoms with Crippen LogP contribution in [0.2, 0.25) is 0 Å². The molecule has 2 nitrogen and oxygen atoms in total. The topological polar surface area (TPSA) is 40.5 Å². The van der Waals surface area contributed by atoms with Crippen molar-refractivity contribution in [2.75, 3.05) is 0 Å². The van der Waals surface area contributed by atoms with Gasteiger partial charge in [-0.3, -0.25) is 0 Å². The average molecular weight is 268 g/mol. The third kappa shape index (κ3) is 2.13. The van der Waals surface area contributed by atoms with Crippen LogP contribution in [0.25, 0.3) is 0 Å². The fraction of sp³-hybridized carbons (Fsp3) is 0.364. The Morgan fingerprint density at radius 1 is 0.857 bits per heavy atom. The van der Waals surface area contributed by atoms with Crippen molar-refractivity contribution in [1.29, 1.82) is 0 Å². The molecule has 1 aromatic carbocycles. The van der Waals surface area contributed by atoms with E-state index < -0.39 is 0 Å². The van der Waals surface area contributed by atoms with Gasteiger partial charge in [0.1, 0.15) is 0 Å². The number of benzene rings is 1. The van der Waals surface area contributed by atoms with Crippen molar-refractivity contribution >= 4 is 0 Å². The van der Waals surface area contributed by atoms with E-state index in [9.17, 15) is 5.11 Å². The minimum atomic E-state index is 0. The Hall–Kier alpha value is -0.0461. The molecule has 0 heterocycles. The SMILES string of the molecule is Cc1c(C)c(C)c([CH-]O)c(O)c1C.[Y+3]. The van der Waals surface area contributed by atoms with Gasteiger partial charge in [0, 0.05) is 5.75 Å². The van der Waals surface area contributed by atoms with Crippen molar-refractivity contribution in [3.8, 4) is 5.75 Å². The van der Waals surface area contributed by atoms with E-state index in [2.05, 4.69) is 0 Å². The van der Waals surface area contributed by atoms with Crippen LogP contribution in [0, 0.1) is 34.3 Å². The van der Waals surface area contributed by atoms with Crippen molar-refractivity contribution in [2.24, 2.45) is 0 Å². The van der Waals surface area contributed by atoms with Gasteiger partial charge in [-0.1, -0.05) is 31.6 Å². The quantitative estimate of drug-likeness (QED) is 0.768. The van der Waals surface area contributed by atoms with Crippen molar-refractivity contribution in [3.63, 3.8) is 0 Å². The van der Waals surface area contributed by atoms with E-state index in [4.69, 9.17) is 5.11 Å². The van der Waals surface area contributed by atoms with Crippen LogP contribution < -0.4 is 0 Å². The maximum Gasteiger partial charge on any atom is 3.00 e. The summed E-state index contributed by atoms with van der Waals surface area (Å²) in [4.78, 5) is 0. The van der Waals surface area contributed by atoms with Gasteiger partial charge in [-0.25, -0.2) is 0 Å². The largest absolute Gasteiger partial charge is 3.00 e. The maximum atomic E-state index is 9.69. The molecule has 0 saturated heterocycles. The van der Waals surface area contributed by atoms with Gasteiger partial charge in [0.15, 0.2) is 0 Å². The van der Waals surface area contributed by atoms with Crippen molar-refractivity contribution < 1.29 is 42.9 Å². The molecule has 0 aliphatic heterocycles. The van der Waals surface area contributed by atoms with Crippen LogP contribution in [0.15, 0.2) is 0 Å². The molecule has 72 valence electrons. The summed E-state index contributed by atoms with van der Waals surface area (Å²) in [6, 6.07) is 0. The number of aromatic hydroxyl groups is 1. The average Bonchev–Trinajstić information content (AvgIpc) is 2.13. The van der Waals surface area contributed by atoms with Gasteiger partial charge in [-0.05, 0) is 13.8 Å². The summed E-state index contributed by atoms with van der Waals surface area (Å²) >= 11 is 0. The van der Waals surface area contributed by atoms with Crippen LogP contribution in [-0.2, 0) is 32.7 Å². The normalized spacial score (nSPS) is 9.50. The van der Waals surface area contributed by atoms with Gasteiger partial charge < -0.3 is 10.2 Å². The number of hydrogen-bond donors (Lipinski definition) is 2. The number of hydrogen-bond acceptors (Lipinski definition) is 2. The molecule has 1 rings (SSSR count). The van der Waals surface area contributed by atoms with Gasteiger partial charge in [0.2, 0.25) is 0 Å². The van der Waals surface area contributed by atoms with Gasteiger partial charge >= 0.3 is 32.7 Å². The first kappa shape index (κ1) is 14.0. The second kappa shape index (κ2) is 5.15. The number of aliphatic hydroxyl groups excluding tert-OH is 1. The smallest absolute Gasteiger partial charge is 0.565 e. The number of rotatable bonds is 1. The molecule has 0 amide bonds. The monoisotopic (exact) mass is 268 g/mol. The molecular weight excluding hydrogens is 253 g/mol. The molecule has 3 heteroatoms. The zero-order chi connectivity index (χ0) is 10.2. The Morgan fingerprint density at radius 2 is 1.29 bits per heavy atom. The molecule has 0 aliphatic carbocycles. The first-order valence-electron chi connectivity index (χ1n) is 4.27. The minimum absolute atomic E-state index is 0. The third-order valence-corrected chi connectivity index (χ3v) is 2.83. The molecule has 0 fully saturated rings. The van der Waals surface area contributed by atoms with Gasteiger partial charge in [0.05, 0.1) is 0 Å². The first-order valence-corrected chi connectivity index (χ1v) is 4.27. The molecule has 14 heavy (non-hydrogen) atoms. The third-order valence-electron chi connectivity index (χ3n) is 2.83. The summed E-state index contributed by atoms with van der Waals surface area (Å²) in [5.74, 6) is 0.183. The van der Waals surface area contributed by atoms with Crippen LogP contribution in [0.5, 0.6) is 5.75 Å². The van der Waals surface area contributed by atoms with Crippen LogP contribution in [-0.4, -0.2) is 10.2 Å².